The van der Waals surface area contributed by atoms with E-state index < -0.39 is 11.9 Å². The maximum Gasteiger partial charge on any atom is 0.147 e. The van der Waals surface area contributed by atoms with Gasteiger partial charge >= 0.3 is 0 Å². The molecule has 1 atom stereocenters. The molecule has 2 N–H and O–H groups in total. The summed E-state index contributed by atoms with van der Waals surface area (Å²) >= 11 is 0. The molecule has 0 radical (unpaired) electrons. The lowest BCUT2D eigenvalue weighted by molar-refractivity contribution is 0.105. The third-order valence-corrected chi connectivity index (χ3v) is 5.57. The summed E-state index contributed by atoms with van der Waals surface area (Å²) in [6.07, 6.45) is 3.26. The first-order valence-corrected chi connectivity index (χ1v) is 10.2. The van der Waals surface area contributed by atoms with E-state index in [4.69, 9.17) is 9.84 Å². The Morgan fingerprint density at radius 1 is 1.38 bits per heavy atom. The molecule has 0 spiro atoms. The number of nitrogens with one attached hydrogen (secondary N) is 1. The van der Waals surface area contributed by atoms with Crippen LogP contribution in [0.15, 0.2) is 36.8 Å². The molecule has 5 rings (SSSR count). The number of hydrogen-bond donors (Lipinski definition) is 2. The Bertz CT molecular complexity index is 1340. The van der Waals surface area contributed by atoms with Crippen LogP contribution >= 0.6 is 0 Å². The van der Waals surface area contributed by atoms with Gasteiger partial charge in [0, 0.05) is 24.8 Å². The molecule has 4 aromatic heterocycles. The Labute approximate surface area is 182 Å². The van der Waals surface area contributed by atoms with E-state index in [2.05, 4.69) is 21.5 Å². The van der Waals surface area contributed by atoms with Crippen LogP contribution < -0.4 is 10.1 Å². The molecule has 4 aromatic rings. The number of hydrogen-bond acceptors (Lipinski definition) is 7. The van der Waals surface area contributed by atoms with Crippen molar-refractivity contribution in [2.75, 3.05) is 13.2 Å². The smallest absolute Gasteiger partial charge is 0.147 e. The van der Waals surface area contributed by atoms with Gasteiger partial charge in [0.1, 0.15) is 41.4 Å². The van der Waals surface area contributed by atoms with Gasteiger partial charge in [0.25, 0.3) is 0 Å². The summed E-state index contributed by atoms with van der Waals surface area (Å²) in [6.45, 7) is 4.30. The molecule has 162 valence electrons. The van der Waals surface area contributed by atoms with Crippen LogP contribution in [0, 0.1) is 24.1 Å². The summed E-state index contributed by atoms with van der Waals surface area (Å²) in [5.74, 6) is -0.0938. The van der Waals surface area contributed by atoms with Crippen molar-refractivity contribution in [3.8, 4) is 23.1 Å². The number of rotatable bonds is 5. The molecule has 1 aliphatic rings. The molecule has 0 aliphatic carbocycles. The Morgan fingerprint density at radius 2 is 2.25 bits per heavy atom. The molecule has 0 aromatic carbocycles. The predicted octanol–water partition coefficient (Wildman–Crippen LogP) is 2.13. The Morgan fingerprint density at radius 3 is 3.00 bits per heavy atom. The van der Waals surface area contributed by atoms with Crippen molar-refractivity contribution in [1.82, 2.24) is 29.7 Å². The highest BCUT2D eigenvalue weighted by atomic mass is 19.1. The van der Waals surface area contributed by atoms with Gasteiger partial charge < -0.3 is 15.2 Å². The van der Waals surface area contributed by atoms with Crippen LogP contribution in [0.5, 0.6) is 5.75 Å². The topological polar surface area (TPSA) is 113 Å². The number of halogens is 1. The lowest BCUT2D eigenvalue weighted by Crippen LogP contribution is -2.28. The predicted molar refractivity (Wildman–Crippen MR) is 112 cm³/mol. The van der Waals surface area contributed by atoms with Crippen molar-refractivity contribution in [2.45, 2.75) is 26.1 Å². The maximum atomic E-state index is 13.1. The van der Waals surface area contributed by atoms with Gasteiger partial charge in [-0.15, -0.1) is 0 Å². The van der Waals surface area contributed by atoms with Gasteiger partial charge in [0.2, 0.25) is 0 Å². The number of aliphatic hydroxyl groups excluding tert-OH is 1. The van der Waals surface area contributed by atoms with Crippen LogP contribution in [-0.2, 0) is 13.1 Å². The lowest BCUT2D eigenvalue weighted by atomic mass is 10.1. The first kappa shape index (κ1) is 20.1. The Balaban J connectivity index is 1.53. The van der Waals surface area contributed by atoms with E-state index in [1.807, 2.05) is 17.8 Å². The van der Waals surface area contributed by atoms with Crippen LogP contribution in [-0.4, -0.2) is 42.6 Å². The zero-order valence-corrected chi connectivity index (χ0v) is 17.3. The fraction of sp³-hybridized carbons (Fsp3) is 0.273. The maximum absolute atomic E-state index is 13.1. The van der Waals surface area contributed by atoms with Crippen LogP contribution in [0.25, 0.3) is 16.8 Å². The van der Waals surface area contributed by atoms with Gasteiger partial charge in [-0.1, -0.05) is 0 Å². The molecule has 0 amide bonds. The highest BCUT2D eigenvalue weighted by Crippen LogP contribution is 2.32. The van der Waals surface area contributed by atoms with Gasteiger partial charge in [0.05, 0.1) is 36.0 Å². The van der Waals surface area contributed by atoms with Gasteiger partial charge in [-0.05, 0) is 30.7 Å². The highest BCUT2D eigenvalue weighted by Gasteiger charge is 2.21. The molecular weight excluding hydrogens is 413 g/mol. The van der Waals surface area contributed by atoms with Crippen LogP contribution in [0.3, 0.4) is 0 Å². The van der Waals surface area contributed by atoms with Gasteiger partial charge in [-0.2, -0.15) is 15.5 Å². The van der Waals surface area contributed by atoms with Crippen molar-refractivity contribution in [3.63, 3.8) is 0 Å². The molecular formula is C22H20FN7O2. The largest absolute Gasteiger partial charge is 0.488 e. The number of aromatic nitrogens is 5. The first-order valence-electron chi connectivity index (χ1n) is 10.2. The van der Waals surface area contributed by atoms with Gasteiger partial charge in [-0.25, -0.2) is 8.91 Å². The van der Waals surface area contributed by atoms with Crippen molar-refractivity contribution < 1.29 is 14.2 Å². The number of ether oxygens (including phenoxy) is 1. The molecule has 1 aliphatic heterocycles. The second-order valence-electron chi connectivity index (χ2n) is 7.60. The summed E-state index contributed by atoms with van der Waals surface area (Å²) in [7, 11) is 0. The molecule has 0 fully saturated rings. The SMILES string of the molecule is Cc1c(-c2cc(OCC(O)c3ccc(F)cn3)c3c(C#N)cnn3c2)nn2c1CNCC2. The van der Waals surface area contributed by atoms with Crippen molar-refractivity contribution in [3.05, 3.63) is 65.1 Å². The minimum absolute atomic E-state index is 0.129. The van der Waals surface area contributed by atoms with Crippen molar-refractivity contribution in [1.29, 1.82) is 5.26 Å². The standard InChI is InChI=1S/C22H20FN7O2/c1-13-18-10-25-4-5-29(18)28-21(13)14-6-20(22-15(7-24)8-27-30(22)11-14)32-12-19(31)17-3-2-16(23)9-26-17/h2-3,6,8-9,11,19,25,31H,4-5,10,12H2,1H3. The highest BCUT2D eigenvalue weighted by molar-refractivity contribution is 5.75. The molecule has 0 saturated heterocycles. The number of nitrogens with zero attached hydrogens (tertiary/aromatic N) is 6. The monoisotopic (exact) mass is 433 g/mol. The molecule has 1 unspecified atom stereocenters. The normalized spacial score (nSPS) is 14.2. The number of fused-ring (bicyclic) bond motifs is 2. The molecule has 5 heterocycles. The van der Waals surface area contributed by atoms with Crippen LogP contribution in [0.4, 0.5) is 4.39 Å². The van der Waals surface area contributed by atoms with Crippen molar-refractivity contribution >= 4 is 5.52 Å². The van der Waals surface area contributed by atoms with E-state index in [1.54, 1.807) is 10.6 Å². The van der Waals surface area contributed by atoms with E-state index in [9.17, 15) is 14.8 Å². The molecule has 0 saturated carbocycles. The zero-order valence-electron chi connectivity index (χ0n) is 17.3. The first-order chi connectivity index (χ1) is 15.5. The number of nitriles is 1. The zero-order chi connectivity index (χ0) is 22.2. The third kappa shape index (κ3) is 3.47. The number of pyridine rings is 2. The van der Waals surface area contributed by atoms with Crippen LogP contribution in [0.2, 0.25) is 0 Å². The summed E-state index contributed by atoms with van der Waals surface area (Å²) < 4.78 is 22.6. The summed E-state index contributed by atoms with van der Waals surface area (Å²) in [6, 6.07) is 6.56. The van der Waals surface area contributed by atoms with E-state index >= 15 is 0 Å². The van der Waals surface area contributed by atoms with E-state index in [0.717, 1.165) is 48.3 Å². The molecule has 0 bridgehead atoms. The molecule has 10 heteroatoms. The second kappa shape index (κ2) is 8.03. The summed E-state index contributed by atoms with van der Waals surface area (Å²) in [5, 5.41) is 32.4. The van der Waals surface area contributed by atoms with Crippen molar-refractivity contribution in [2.24, 2.45) is 0 Å². The summed E-state index contributed by atoms with van der Waals surface area (Å²) in [4.78, 5) is 3.90. The fourth-order valence-electron chi connectivity index (χ4n) is 3.91. The Kier molecular flexibility index (Phi) is 5.05. The minimum atomic E-state index is -1.07. The average Bonchev–Trinajstić information content (AvgIpc) is 3.38. The average molecular weight is 433 g/mol. The quantitative estimate of drug-likeness (QED) is 0.496. The molecule has 32 heavy (non-hydrogen) atoms. The minimum Gasteiger partial charge on any atom is -0.488 e. The summed E-state index contributed by atoms with van der Waals surface area (Å²) in [5.41, 5.74) is 4.93. The van der Waals surface area contributed by atoms with Gasteiger partial charge in [-0.3, -0.25) is 9.67 Å². The van der Waals surface area contributed by atoms with E-state index in [1.165, 1.54) is 18.3 Å². The van der Waals surface area contributed by atoms with Crippen LogP contribution in [0.1, 0.15) is 28.6 Å². The molecule has 9 nitrogen and oxygen atoms in total. The Hall–Kier alpha value is -3.81. The fourth-order valence-corrected chi connectivity index (χ4v) is 3.91. The lowest BCUT2D eigenvalue weighted by Gasteiger charge is -2.14. The van der Waals surface area contributed by atoms with E-state index in [0.29, 0.717) is 16.8 Å². The third-order valence-electron chi connectivity index (χ3n) is 5.57. The second-order valence-corrected chi connectivity index (χ2v) is 7.60. The van der Waals surface area contributed by atoms with Gasteiger partial charge in [0.15, 0.2) is 0 Å². The van der Waals surface area contributed by atoms with E-state index in [-0.39, 0.29) is 12.3 Å². The number of aliphatic hydroxyl groups is 1.